The highest BCUT2D eigenvalue weighted by molar-refractivity contribution is 7.91. The van der Waals surface area contributed by atoms with Gasteiger partial charge in [0.2, 0.25) is 0 Å². The number of hydrogen-bond acceptors (Lipinski definition) is 4. The quantitative estimate of drug-likeness (QED) is 0.733. The van der Waals surface area contributed by atoms with E-state index in [2.05, 4.69) is 0 Å². The second-order valence-electron chi connectivity index (χ2n) is 3.95. The second-order valence-corrected chi connectivity index (χ2v) is 6.18. The van der Waals surface area contributed by atoms with Crippen molar-refractivity contribution in [3.05, 3.63) is 0 Å². The Morgan fingerprint density at radius 3 is 2.22 bits per heavy atom. The van der Waals surface area contributed by atoms with Gasteiger partial charge in [-0.05, 0) is 6.42 Å². The van der Waals surface area contributed by atoms with Crippen molar-refractivity contribution in [1.82, 2.24) is 5.32 Å². The summed E-state index contributed by atoms with van der Waals surface area (Å²) in [6.07, 6.45) is -5.29. The van der Waals surface area contributed by atoms with Crippen LogP contribution in [0.25, 0.3) is 0 Å². The first-order chi connectivity index (χ1) is 8.03. The fourth-order valence-electron chi connectivity index (χ4n) is 1.69. The maximum absolute atomic E-state index is 12.0. The summed E-state index contributed by atoms with van der Waals surface area (Å²) < 4.78 is 58.2. The van der Waals surface area contributed by atoms with Crippen molar-refractivity contribution >= 4 is 21.7 Å². The van der Waals surface area contributed by atoms with Crippen molar-refractivity contribution in [2.24, 2.45) is 5.92 Å². The minimum Gasteiger partial charge on any atom is -0.480 e. The van der Waals surface area contributed by atoms with Gasteiger partial charge in [-0.25, -0.2) is 13.2 Å². The molecule has 6 nitrogen and oxygen atoms in total. The molecule has 2 unspecified atom stereocenters. The van der Waals surface area contributed by atoms with Gasteiger partial charge in [-0.1, -0.05) is 0 Å². The first-order valence-electron chi connectivity index (χ1n) is 4.84. The third-order valence-corrected chi connectivity index (χ3v) is 4.34. The van der Waals surface area contributed by atoms with Crippen LogP contribution in [0.3, 0.4) is 0 Å². The Hall–Kier alpha value is -1.32. The minimum absolute atomic E-state index is 0.0859. The van der Waals surface area contributed by atoms with Gasteiger partial charge in [-0.3, -0.25) is 4.79 Å². The number of aliphatic carboxylic acids is 1. The van der Waals surface area contributed by atoms with Crippen LogP contribution in [0.5, 0.6) is 0 Å². The molecule has 2 N–H and O–H groups in total. The summed E-state index contributed by atoms with van der Waals surface area (Å²) in [5, 5.41) is 10.0. The van der Waals surface area contributed by atoms with Gasteiger partial charge in [0.25, 0.3) is 0 Å². The molecular formula is C8H10F3NO5S. The van der Waals surface area contributed by atoms with Crippen LogP contribution in [-0.4, -0.2) is 49.1 Å². The number of carboxylic acid groups (broad SMARTS) is 1. The molecule has 0 bridgehead atoms. The first kappa shape index (κ1) is 14.7. The van der Waals surface area contributed by atoms with E-state index in [0.29, 0.717) is 0 Å². The standard InChI is InChI=1S/C8H10F3NO5S/c9-8(10,11)7(15)12-5(6(13)14)4-1-2-18(16,17)3-4/h4-5H,1-3H2,(H,12,15)(H,13,14). The Morgan fingerprint density at radius 1 is 1.33 bits per heavy atom. The average Bonchev–Trinajstić information content (AvgIpc) is 2.52. The molecule has 18 heavy (non-hydrogen) atoms. The molecule has 1 saturated heterocycles. The van der Waals surface area contributed by atoms with E-state index >= 15 is 0 Å². The Bertz CT molecular complexity index is 458. The van der Waals surface area contributed by atoms with Crippen LogP contribution < -0.4 is 5.32 Å². The average molecular weight is 289 g/mol. The number of alkyl halides is 3. The predicted molar refractivity (Wildman–Crippen MR) is 52.4 cm³/mol. The van der Waals surface area contributed by atoms with E-state index in [1.165, 1.54) is 5.32 Å². The second kappa shape index (κ2) is 4.75. The first-order valence-corrected chi connectivity index (χ1v) is 6.66. The molecule has 1 amide bonds. The highest BCUT2D eigenvalue weighted by atomic mass is 32.2. The fourth-order valence-corrected chi connectivity index (χ4v) is 3.53. The molecule has 0 spiro atoms. The SMILES string of the molecule is O=C(O)C(NC(=O)C(F)(F)F)C1CCS(=O)(=O)C1. The Balaban J connectivity index is 2.80. The Morgan fingerprint density at radius 2 is 1.89 bits per heavy atom. The van der Waals surface area contributed by atoms with Gasteiger partial charge >= 0.3 is 18.1 Å². The van der Waals surface area contributed by atoms with Crippen LogP contribution in [-0.2, 0) is 19.4 Å². The molecule has 0 aromatic heterocycles. The van der Waals surface area contributed by atoms with Crippen molar-refractivity contribution in [3.63, 3.8) is 0 Å². The third-order valence-electron chi connectivity index (χ3n) is 2.55. The van der Waals surface area contributed by atoms with Crippen LogP contribution in [0.15, 0.2) is 0 Å². The van der Waals surface area contributed by atoms with Crippen LogP contribution in [0.2, 0.25) is 0 Å². The normalized spacial score (nSPS) is 24.5. The number of carbonyl (C=O) groups excluding carboxylic acids is 1. The molecule has 10 heteroatoms. The smallest absolute Gasteiger partial charge is 0.471 e. The van der Waals surface area contributed by atoms with Crippen molar-refractivity contribution in [2.45, 2.75) is 18.6 Å². The zero-order chi connectivity index (χ0) is 14.1. The number of carboxylic acids is 1. The van der Waals surface area contributed by atoms with E-state index in [9.17, 15) is 31.2 Å². The molecule has 2 atom stereocenters. The molecule has 0 aromatic rings. The predicted octanol–water partition coefficient (Wildman–Crippen LogP) is -0.447. The topological polar surface area (TPSA) is 101 Å². The van der Waals surface area contributed by atoms with Crippen molar-refractivity contribution < 1.29 is 36.3 Å². The molecule has 104 valence electrons. The zero-order valence-electron chi connectivity index (χ0n) is 8.90. The summed E-state index contributed by atoms with van der Waals surface area (Å²) in [5.74, 6) is -5.95. The lowest BCUT2D eigenvalue weighted by atomic mass is 9.99. The lowest BCUT2D eigenvalue weighted by Gasteiger charge is -2.20. The summed E-state index contributed by atoms with van der Waals surface area (Å²) in [5.41, 5.74) is 0. The van der Waals surface area contributed by atoms with E-state index in [0.717, 1.165) is 0 Å². The molecule has 1 heterocycles. The van der Waals surface area contributed by atoms with Crippen molar-refractivity contribution in [1.29, 1.82) is 0 Å². The molecular weight excluding hydrogens is 279 g/mol. The third kappa shape index (κ3) is 3.59. The number of amides is 1. The highest BCUT2D eigenvalue weighted by Gasteiger charge is 2.44. The van der Waals surface area contributed by atoms with E-state index in [1.54, 1.807) is 0 Å². The molecule has 0 aliphatic carbocycles. The minimum atomic E-state index is -5.20. The van der Waals surface area contributed by atoms with Gasteiger partial charge in [-0.2, -0.15) is 13.2 Å². The van der Waals surface area contributed by atoms with Crippen LogP contribution in [0, 0.1) is 5.92 Å². The number of carbonyl (C=O) groups is 2. The van der Waals surface area contributed by atoms with Crippen molar-refractivity contribution in [2.75, 3.05) is 11.5 Å². The molecule has 0 aromatic carbocycles. The van der Waals surface area contributed by atoms with E-state index in [4.69, 9.17) is 5.11 Å². The maximum Gasteiger partial charge on any atom is 0.471 e. The van der Waals surface area contributed by atoms with Gasteiger partial charge in [0.05, 0.1) is 11.5 Å². The largest absolute Gasteiger partial charge is 0.480 e. The van der Waals surface area contributed by atoms with Gasteiger partial charge in [0.1, 0.15) is 6.04 Å². The maximum atomic E-state index is 12.0. The summed E-state index contributed by atoms with van der Waals surface area (Å²) in [7, 11) is -3.44. The summed E-state index contributed by atoms with van der Waals surface area (Å²) in [6, 6.07) is -1.85. The van der Waals surface area contributed by atoms with Gasteiger partial charge in [-0.15, -0.1) is 0 Å². The van der Waals surface area contributed by atoms with Crippen LogP contribution >= 0.6 is 0 Å². The summed E-state index contributed by atoms with van der Waals surface area (Å²) in [6.45, 7) is 0. The number of rotatable bonds is 3. The lowest BCUT2D eigenvalue weighted by molar-refractivity contribution is -0.176. The summed E-state index contributed by atoms with van der Waals surface area (Å²) >= 11 is 0. The van der Waals surface area contributed by atoms with Crippen molar-refractivity contribution in [3.8, 4) is 0 Å². The highest BCUT2D eigenvalue weighted by Crippen LogP contribution is 2.23. The van der Waals surface area contributed by atoms with Crippen LogP contribution in [0.1, 0.15) is 6.42 Å². The zero-order valence-corrected chi connectivity index (χ0v) is 9.71. The van der Waals surface area contributed by atoms with Gasteiger partial charge in [0, 0.05) is 5.92 Å². The molecule has 1 rings (SSSR count). The number of nitrogens with one attached hydrogen (secondary N) is 1. The van der Waals surface area contributed by atoms with E-state index < -0.39 is 45.6 Å². The number of halogens is 3. The van der Waals surface area contributed by atoms with Gasteiger partial charge < -0.3 is 10.4 Å². The number of sulfone groups is 1. The van der Waals surface area contributed by atoms with E-state index in [-0.39, 0.29) is 12.2 Å². The molecule has 0 saturated carbocycles. The number of hydrogen-bond donors (Lipinski definition) is 2. The lowest BCUT2D eigenvalue weighted by Crippen LogP contribution is -2.50. The monoisotopic (exact) mass is 289 g/mol. The Labute approximate surface area is 100 Å². The van der Waals surface area contributed by atoms with Crippen LogP contribution in [0.4, 0.5) is 13.2 Å². The molecule has 1 fully saturated rings. The fraction of sp³-hybridized carbons (Fsp3) is 0.750. The van der Waals surface area contributed by atoms with E-state index in [1.807, 2.05) is 0 Å². The summed E-state index contributed by atoms with van der Waals surface area (Å²) in [4.78, 5) is 21.4. The Kier molecular flexibility index (Phi) is 3.89. The molecule has 0 radical (unpaired) electrons. The molecule has 1 aliphatic heterocycles. The molecule has 1 aliphatic rings. The van der Waals surface area contributed by atoms with Gasteiger partial charge in [0.15, 0.2) is 9.84 Å².